The molecule has 0 aliphatic rings. The normalized spacial score (nSPS) is 10.3. The van der Waals surface area contributed by atoms with E-state index in [4.69, 9.17) is 0 Å². The first-order chi connectivity index (χ1) is 70.1. The Hall–Kier alpha value is -16.6. The molecule has 9 heterocycles. The van der Waals surface area contributed by atoms with Crippen molar-refractivity contribution in [3.8, 4) is 112 Å². The van der Waals surface area contributed by atoms with E-state index in [0.29, 0.717) is 0 Å². The van der Waals surface area contributed by atoms with Crippen LogP contribution < -0.4 is 0 Å². The molecular formula is C133H96Ir3N9. The molecule has 0 amide bonds. The Balaban J connectivity index is 0.000000129. The standard InChI is InChI=1S/C17H12N.6C15H10N.C15H16N.C11H8N.3Ir/c1-3-7-14(8-4-1)16-11-12-18-17(13-16)15-9-5-2-6-10-15;6*1-2-6-12(7-3-1)15-10-13-8-4-5-9-14(13)11-16-15;1-15(2,3)13-9-10-16-14(11-13)12-7-5-4-6-8-12;1-2-6-10(7-3-1)11-8-4-5-9-12-11;;;/h1-9,11-13H;6*1-6,8-11H;4-7,9-11H,1-3H3;1-6,8-9H;;;/q9*-1;3*+3. The summed E-state index contributed by atoms with van der Waals surface area (Å²) in [4.78, 5) is 39.7. The van der Waals surface area contributed by atoms with Gasteiger partial charge in [-0.2, -0.15) is 0 Å². The SMILES string of the molecule is CC(C)(C)c1ccnc(-c2[c-]cccc2)c1.[Ir+3].[Ir+3].[Ir+3].[c-]1ccccc1-c1cc(-c2ccccc2)ccn1.[c-]1ccccc1-c1cc2ccccc2cn1.[c-]1ccccc1-c1cc2ccccc2cn1.[c-]1ccccc1-c1cc2ccccc2cn1.[c-]1ccccc1-c1cc2ccccc2cn1.[c-]1ccccc1-c1cc2ccccc2cn1.[c-]1ccccc1-c1cc2ccccc2cn1.[c-]1ccccc1-c1ccccn1. The maximum Gasteiger partial charge on any atom is 3.00 e. The van der Waals surface area contributed by atoms with E-state index in [2.05, 4.69) is 260 Å². The summed E-state index contributed by atoms with van der Waals surface area (Å²) in [6, 6.07) is 186. The Labute approximate surface area is 889 Å². The molecule has 16 aromatic carbocycles. The molecule has 0 bridgehead atoms. The average Bonchev–Trinajstić information content (AvgIpc) is 0.840. The van der Waals surface area contributed by atoms with Gasteiger partial charge in [-0.1, -0.05) is 257 Å². The minimum atomic E-state index is 0. The van der Waals surface area contributed by atoms with Gasteiger partial charge >= 0.3 is 60.3 Å². The second-order valence-corrected chi connectivity index (χ2v) is 33.7. The molecule has 25 rings (SSSR count). The van der Waals surface area contributed by atoms with Crippen LogP contribution in [0.25, 0.3) is 177 Å². The smallest absolute Gasteiger partial charge is 0.305 e. The molecule has 0 N–H and O–H groups in total. The van der Waals surface area contributed by atoms with Crippen molar-refractivity contribution in [2.45, 2.75) is 26.2 Å². The van der Waals surface area contributed by atoms with Gasteiger partial charge in [0.15, 0.2) is 0 Å². The third kappa shape index (κ3) is 30.2. The van der Waals surface area contributed by atoms with Gasteiger partial charge in [-0.15, -0.1) is 323 Å². The molecule has 0 aliphatic carbocycles. The molecule has 0 saturated heterocycles. The van der Waals surface area contributed by atoms with Crippen molar-refractivity contribution < 1.29 is 60.3 Å². The van der Waals surface area contributed by atoms with Crippen LogP contribution in [0.4, 0.5) is 0 Å². The van der Waals surface area contributed by atoms with E-state index in [0.717, 1.165) is 101 Å². The first-order valence-corrected chi connectivity index (χ1v) is 46.8. The van der Waals surface area contributed by atoms with Crippen molar-refractivity contribution in [3.05, 3.63) is 589 Å². The number of rotatable bonds is 10. The summed E-state index contributed by atoms with van der Waals surface area (Å²) in [7, 11) is 0. The molecule has 0 spiro atoms. The fourth-order valence-electron chi connectivity index (χ4n) is 15.3. The number of pyridine rings is 9. The average molecular weight is 2400 g/mol. The van der Waals surface area contributed by atoms with Crippen LogP contribution in [-0.4, -0.2) is 44.9 Å². The molecule has 0 aliphatic heterocycles. The molecule has 12 heteroatoms. The van der Waals surface area contributed by atoms with E-state index in [1.54, 1.807) is 6.20 Å². The van der Waals surface area contributed by atoms with E-state index in [1.165, 1.54) is 81.3 Å². The number of aromatic nitrogens is 9. The van der Waals surface area contributed by atoms with Crippen LogP contribution in [0, 0.1) is 54.6 Å². The first-order valence-electron chi connectivity index (χ1n) is 46.8. The Morgan fingerprint density at radius 3 is 0.579 bits per heavy atom. The molecular weight excluding hydrogens is 2300 g/mol. The Kier molecular flexibility index (Phi) is 39.1. The van der Waals surface area contributed by atoms with E-state index < -0.39 is 0 Å². The zero-order chi connectivity index (χ0) is 96.8. The van der Waals surface area contributed by atoms with Crippen LogP contribution in [0.3, 0.4) is 0 Å². The summed E-state index contributed by atoms with van der Waals surface area (Å²) < 4.78 is 0. The minimum absolute atomic E-state index is 0. The Morgan fingerprint density at radius 1 is 0.152 bits per heavy atom. The van der Waals surface area contributed by atoms with Crippen LogP contribution in [0.5, 0.6) is 0 Å². The van der Waals surface area contributed by atoms with Gasteiger partial charge in [-0.05, 0) is 156 Å². The summed E-state index contributed by atoms with van der Waals surface area (Å²) in [6.07, 6.45) is 17.0. The second-order valence-electron chi connectivity index (χ2n) is 33.7. The minimum Gasteiger partial charge on any atom is -0.305 e. The zero-order valence-corrected chi connectivity index (χ0v) is 86.9. The number of nitrogens with zero attached hydrogens (tertiary/aromatic N) is 9. The molecule has 9 aromatic heterocycles. The largest absolute Gasteiger partial charge is 3.00 e. The van der Waals surface area contributed by atoms with E-state index in [-0.39, 0.29) is 65.7 Å². The number of benzene rings is 16. The number of fused-ring (bicyclic) bond motifs is 6. The zero-order valence-electron chi connectivity index (χ0n) is 79.8. The molecule has 0 saturated carbocycles. The van der Waals surface area contributed by atoms with Gasteiger partial charge in [-0.25, -0.2) is 0 Å². The van der Waals surface area contributed by atoms with Crippen molar-refractivity contribution in [2.24, 2.45) is 0 Å². The van der Waals surface area contributed by atoms with Gasteiger partial charge in [0.05, 0.1) is 0 Å². The number of hydrogen-bond donors (Lipinski definition) is 0. The first kappa shape index (κ1) is 104. The van der Waals surface area contributed by atoms with Crippen LogP contribution in [0.15, 0.2) is 529 Å². The fraction of sp³-hybridized carbons (Fsp3) is 0.0301. The third-order valence-electron chi connectivity index (χ3n) is 22.8. The topological polar surface area (TPSA) is 116 Å². The molecule has 0 atom stereocenters. The second kappa shape index (κ2) is 54.4. The van der Waals surface area contributed by atoms with Crippen LogP contribution >= 0.6 is 0 Å². The van der Waals surface area contributed by atoms with Gasteiger partial charge in [0, 0.05) is 55.8 Å². The maximum absolute atomic E-state index is 4.45. The molecule has 145 heavy (non-hydrogen) atoms. The summed E-state index contributed by atoms with van der Waals surface area (Å²) in [5.74, 6) is 0. The summed E-state index contributed by atoms with van der Waals surface area (Å²) in [6.45, 7) is 6.63. The van der Waals surface area contributed by atoms with Crippen molar-refractivity contribution in [2.75, 3.05) is 0 Å². The Bertz CT molecular complexity index is 7240. The van der Waals surface area contributed by atoms with Gasteiger partial charge in [0.1, 0.15) is 0 Å². The Morgan fingerprint density at radius 2 is 0.352 bits per heavy atom. The van der Waals surface area contributed by atoms with E-state index in [9.17, 15) is 0 Å². The summed E-state index contributed by atoms with van der Waals surface area (Å²) in [5, 5.41) is 14.3. The molecule has 25 aromatic rings. The van der Waals surface area contributed by atoms with E-state index >= 15 is 0 Å². The van der Waals surface area contributed by atoms with Gasteiger partial charge < -0.3 is 44.9 Å². The molecule has 9 nitrogen and oxygen atoms in total. The van der Waals surface area contributed by atoms with Crippen molar-refractivity contribution in [3.63, 3.8) is 0 Å². The summed E-state index contributed by atoms with van der Waals surface area (Å²) >= 11 is 0. The maximum atomic E-state index is 4.45. The number of hydrogen-bond acceptors (Lipinski definition) is 9. The van der Waals surface area contributed by atoms with Gasteiger partial charge in [-0.3, -0.25) is 0 Å². The van der Waals surface area contributed by atoms with Crippen LogP contribution in [0.1, 0.15) is 26.3 Å². The van der Waals surface area contributed by atoms with Crippen LogP contribution in [-0.2, 0) is 65.7 Å². The molecule has 700 valence electrons. The fourth-order valence-corrected chi connectivity index (χ4v) is 15.3. The van der Waals surface area contributed by atoms with Crippen molar-refractivity contribution in [1.82, 2.24) is 44.9 Å². The predicted octanol–water partition coefficient (Wildman–Crippen LogP) is 32.8. The molecule has 0 fully saturated rings. The molecule has 0 radical (unpaired) electrons. The third-order valence-corrected chi connectivity index (χ3v) is 22.8. The predicted molar refractivity (Wildman–Crippen MR) is 586 cm³/mol. The van der Waals surface area contributed by atoms with Gasteiger partial charge in [0.25, 0.3) is 0 Å². The van der Waals surface area contributed by atoms with Gasteiger partial charge in [0.2, 0.25) is 0 Å². The monoisotopic (exact) mass is 2400 g/mol. The summed E-state index contributed by atoms with van der Waals surface area (Å²) in [5.41, 5.74) is 21.9. The molecule has 0 unspecified atom stereocenters. The van der Waals surface area contributed by atoms with Crippen molar-refractivity contribution in [1.29, 1.82) is 0 Å². The van der Waals surface area contributed by atoms with E-state index in [1.807, 2.05) is 383 Å². The van der Waals surface area contributed by atoms with Crippen LogP contribution in [0.2, 0.25) is 0 Å². The van der Waals surface area contributed by atoms with Crippen molar-refractivity contribution >= 4 is 64.6 Å². The quantitative estimate of drug-likeness (QED) is 0.123.